The first-order chi connectivity index (χ1) is 7.25. The fraction of sp³-hybridized carbons (Fsp3) is 0.500. The summed E-state index contributed by atoms with van der Waals surface area (Å²) in [6, 6.07) is 5.75. The van der Waals surface area contributed by atoms with E-state index in [9.17, 15) is 0 Å². The smallest absolute Gasteiger partial charge is 0.122 e. The van der Waals surface area contributed by atoms with Gasteiger partial charge in [-0.2, -0.15) is 0 Å². The third-order valence-electron chi connectivity index (χ3n) is 2.77. The Labute approximate surface area is 95.6 Å². The van der Waals surface area contributed by atoms with Crippen LogP contribution in [0, 0.1) is 12.8 Å². The molecule has 0 aliphatic carbocycles. The molecule has 0 radical (unpaired) electrons. The lowest BCUT2D eigenvalue weighted by Gasteiger charge is -2.12. The van der Waals surface area contributed by atoms with Gasteiger partial charge in [-0.1, -0.05) is 11.6 Å². The van der Waals surface area contributed by atoms with Crippen molar-refractivity contribution in [3.63, 3.8) is 0 Å². The van der Waals surface area contributed by atoms with Gasteiger partial charge in [0.05, 0.1) is 6.61 Å². The van der Waals surface area contributed by atoms with E-state index in [1.807, 2.05) is 25.1 Å². The van der Waals surface area contributed by atoms with E-state index in [-0.39, 0.29) is 0 Å². The fourth-order valence-electron chi connectivity index (χ4n) is 1.84. The number of benzene rings is 1. The maximum atomic E-state index is 5.88. The van der Waals surface area contributed by atoms with Crippen molar-refractivity contribution < 1.29 is 4.74 Å². The molecule has 2 nitrogen and oxygen atoms in total. The SMILES string of the molecule is Cc1cc(Cl)ccc1OCC1CCNC1. The minimum Gasteiger partial charge on any atom is -0.493 e. The Hall–Kier alpha value is -0.730. The number of hydrogen-bond acceptors (Lipinski definition) is 2. The van der Waals surface area contributed by atoms with Crippen LogP contribution in [0.15, 0.2) is 18.2 Å². The summed E-state index contributed by atoms with van der Waals surface area (Å²) in [7, 11) is 0. The molecule has 82 valence electrons. The molecule has 1 N–H and O–H groups in total. The molecule has 1 saturated heterocycles. The summed E-state index contributed by atoms with van der Waals surface area (Å²) >= 11 is 5.88. The monoisotopic (exact) mass is 225 g/mol. The van der Waals surface area contributed by atoms with Crippen molar-refractivity contribution >= 4 is 11.6 Å². The van der Waals surface area contributed by atoms with E-state index in [2.05, 4.69) is 5.32 Å². The quantitative estimate of drug-likeness (QED) is 0.854. The molecule has 1 aromatic carbocycles. The van der Waals surface area contributed by atoms with Crippen LogP contribution in [-0.2, 0) is 0 Å². The van der Waals surface area contributed by atoms with Gasteiger partial charge in [0, 0.05) is 17.5 Å². The second-order valence-electron chi connectivity index (χ2n) is 4.08. The number of nitrogens with one attached hydrogen (secondary N) is 1. The zero-order valence-electron chi connectivity index (χ0n) is 8.92. The van der Waals surface area contributed by atoms with Crippen molar-refractivity contribution in [3.05, 3.63) is 28.8 Å². The lowest BCUT2D eigenvalue weighted by atomic mass is 10.1. The molecule has 3 heteroatoms. The van der Waals surface area contributed by atoms with Gasteiger partial charge in [0.15, 0.2) is 0 Å². The van der Waals surface area contributed by atoms with Gasteiger partial charge in [-0.15, -0.1) is 0 Å². The number of rotatable bonds is 3. The second-order valence-corrected chi connectivity index (χ2v) is 4.52. The van der Waals surface area contributed by atoms with Crippen LogP contribution < -0.4 is 10.1 Å². The van der Waals surface area contributed by atoms with Gasteiger partial charge in [-0.05, 0) is 43.7 Å². The van der Waals surface area contributed by atoms with Crippen LogP contribution in [0.4, 0.5) is 0 Å². The van der Waals surface area contributed by atoms with Crippen molar-refractivity contribution in [2.45, 2.75) is 13.3 Å². The van der Waals surface area contributed by atoms with Crippen LogP contribution in [0.1, 0.15) is 12.0 Å². The Balaban J connectivity index is 1.92. The average Bonchev–Trinajstić information content (AvgIpc) is 2.69. The predicted molar refractivity (Wildman–Crippen MR) is 62.7 cm³/mol. The van der Waals surface area contributed by atoms with Crippen molar-refractivity contribution in [1.82, 2.24) is 5.32 Å². The minimum atomic E-state index is 0.653. The molecule has 15 heavy (non-hydrogen) atoms. The molecule has 0 aromatic heterocycles. The highest BCUT2D eigenvalue weighted by molar-refractivity contribution is 6.30. The third kappa shape index (κ3) is 2.86. The summed E-state index contributed by atoms with van der Waals surface area (Å²) in [6.07, 6.45) is 1.21. The molecule has 0 spiro atoms. The van der Waals surface area contributed by atoms with Gasteiger partial charge in [-0.3, -0.25) is 0 Å². The molecule has 1 heterocycles. The van der Waals surface area contributed by atoms with E-state index < -0.39 is 0 Å². The molecule has 1 atom stereocenters. The molecular weight excluding hydrogens is 210 g/mol. The van der Waals surface area contributed by atoms with Crippen LogP contribution in [0.2, 0.25) is 5.02 Å². The van der Waals surface area contributed by atoms with E-state index in [1.54, 1.807) is 0 Å². The first kappa shape index (κ1) is 10.8. The highest BCUT2D eigenvalue weighted by Gasteiger charge is 2.15. The van der Waals surface area contributed by atoms with E-state index >= 15 is 0 Å². The number of aryl methyl sites for hydroxylation is 1. The van der Waals surface area contributed by atoms with Crippen molar-refractivity contribution in [1.29, 1.82) is 0 Å². The predicted octanol–water partition coefficient (Wildman–Crippen LogP) is 2.64. The van der Waals surface area contributed by atoms with E-state index in [0.29, 0.717) is 5.92 Å². The lowest BCUT2D eigenvalue weighted by Crippen LogP contribution is -2.15. The number of ether oxygens (including phenoxy) is 1. The summed E-state index contributed by atoms with van der Waals surface area (Å²) < 4.78 is 5.78. The topological polar surface area (TPSA) is 21.3 Å². The lowest BCUT2D eigenvalue weighted by molar-refractivity contribution is 0.258. The Morgan fingerprint density at radius 3 is 3.07 bits per heavy atom. The second kappa shape index (κ2) is 4.86. The summed E-state index contributed by atoms with van der Waals surface area (Å²) in [5.41, 5.74) is 1.11. The number of halogens is 1. The first-order valence-corrected chi connectivity index (χ1v) is 5.73. The molecule has 2 rings (SSSR count). The summed E-state index contributed by atoms with van der Waals surface area (Å²) in [5.74, 6) is 1.60. The van der Waals surface area contributed by atoms with Crippen LogP contribution in [0.25, 0.3) is 0 Å². The highest BCUT2D eigenvalue weighted by Crippen LogP contribution is 2.22. The van der Waals surface area contributed by atoms with Gasteiger partial charge >= 0.3 is 0 Å². The van der Waals surface area contributed by atoms with Gasteiger partial charge in [0.25, 0.3) is 0 Å². The van der Waals surface area contributed by atoms with Crippen molar-refractivity contribution in [2.75, 3.05) is 19.7 Å². The Morgan fingerprint density at radius 2 is 2.40 bits per heavy atom. The summed E-state index contributed by atoms with van der Waals surface area (Å²) in [6.45, 7) is 5.02. The Bertz CT molecular complexity index is 334. The Morgan fingerprint density at radius 1 is 1.53 bits per heavy atom. The molecule has 1 aliphatic rings. The van der Waals surface area contributed by atoms with E-state index in [0.717, 1.165) is 36.0 Å². The standard InChI is InChI=1S/C12H16ClNO/c1-9-6-11(13)2-3-12(9)15-8-10-4-5-14-7-10/h2-3,6,10,14H,4-5,7-8H2,1H3. The molecule has 1 aromatic rings. The average molecular weight is 226 g/mol. The van der Waals surface area contributed by atoms with Crippen molar-refractivity contribution in [3.8, 4) is 5.75 Å². The maximum absolute atomic E-state index is 5.88. The highest BCUT2D eigenvalue weighted by atomic mass is 35.5. The normalized spacial score (nSPS) is 20.5. The van der Waals surface area contributed by atoms with Crippen LogP contribution >= 0.6 is 11.6 Å². The summed E-state index contributed by atoms with van der Waals surface area (Å²) in [5, 5.41) is 4.10. The minimum absolute atomic E-state index is 0.653. The zero-order valence-corrected chi connectivity index (χ0v) is 9.68. The van der Waals surface area contributed by atoms with E-state index in [4.69, 9.17) is 16.3 Å². The number of hydrogen-bond donors (Lipinski definition) is 1. The van der Waals surface area contributed by atoms with Crippen LogP contribution in [0.3, 0.4) is 0 Å². The summed E-state index contributed by atoms with van der Waals surface area (Å²) in [4.78, 5) is 0. The zero-order chi connectivity index (χ0) is 10.7. The molecular formula is C12H16ClNO. The van der Waals surface area contributed by atoms with Crippen LogP contribution in [-0.4, -0.2) is 19.7 Å². The molecule has 0 saturated carbocycles. The molecule has 1 fully saturated rings. The van der Waals surface area contributed by atoms with Gasteiger partial charge in [0.2, 0.25) is 0 Å². The van der Waals surface area contributed by atoms with Crippen molar-refractivity contribution in [2.24, 2.45) is 5.92 Å². The van der Waals surface area contributed by atoms with Gasteiger partial charge in [0.1, 0.15) is 5.75 Å². The fourth-order valence-corrected chi connectivity index (χ4v) is 2.07. The molecule has 1 unspecified atom stereocenters. The van der Waals surface area contributed by atoms with Gasteiger partial charge < -0.3 is 10.1 Å². The molecule has 1 aliphatic heterocycles. The Kier molecular flexibility index (Phi) is 3.49. The van der Waals surface area contributed by atoms with Gasteiger partial charge in [-0.25, -0.2) is 0 Å². The molecule has 0 amide bonds. The third-order valence-corrected chi connectivity index (χ3v) is 3.01. The maximum Gasteiger partial charge on any atom is 0.122 e. The van der Waals surface area contributed by atoms with Crippen LogP contribution in [0.5, 0.6) is 5.75 Å². The van der Waals surface area contributed by atoms with E-state index in [1.165, 1.54) is 6.42 Å². The molecule has 0 bridgehead atoms. The largest absolute Gasteiger partial charge is 0.493 e. The first-order valence-electron chi connectivity index (χ1n) is 5.35.